The Kier molecular flexibility index (Phi) is 4.62. The van der Waals surface area contributed by atoms with Crippen molar-refractivity contribution in [3.05, 3.63) is 101 Å². The third-order valence-corrected chi connectivity index (χ3v) is 5.16. The van der Waals surface area contributed by atoms with E-state index in [2.05, 4.69) is 11.2 Å². The average Bonchev–Trinajstić information content (AvgIpc) is 3.17. The van der Waals surface area contributed by atoms with Crippen LogP contribution in [0, 0.1) is 11.3 Å². The number of benzene rings is 3. The lowest BCUT2D eigenvalue weighted by molar-refractivity contribution is 0.829. The molecule has 0 bridgehead atoms. The van der Waals surface area contributed by atoms with Crippen LogP contribution in [0.25, 0.3) is 33.2 Å². The molecule has 2 aromatic heterocycles. The number of hydrogen-bond donors (Lipinski definition) is 0. The molecule has 0 aliphatic rings. The lowest BCUT2D eigenvalue weighted by Gasteiger charge is -2.09. The maximum Gasteiger partial charge on any atom is 0.282 e. The Hall–Kier alpha value is -4.50. The zero-order chi connectivity index (χ0) is 21.2. The van der Waals surface area contributed by atoms with Gasteiger partial charge >= 0.3 is 0 Å². The maximum atomic E-state index is 13.3. The number of rotatable bonds is 4. The predicted molar refractivity (Wildman–Crippen MR) is 122 cm³/mol. The normalized spacial score (nSPS) is 11.3. The van der Waals surface area contributed by atoms with Gasteiger partial charge in [-0.3, -0.25) is 4.79 Å². The first kappa shape index (κ1) is 18.5. The maximum absolute atomic E-state index is 13.3. The first-order valence-corrected chi connectivity index (χ1v) is 9.82. The summed E-state index contributed by atoms with van der Waals surface area (Å²) in [6, 6.07) is 26.8. The van der Waals surface area contributed by atoms with Crippen molar-refractivity contribution >= 4 is 28.0 Å². The highest BCUT2D eigenvalue weighted by atomic mass is 16.1. The lowest BCUT2D eigenvalue weighted by atomic mass is 10.2. The lowest BCUT2D eigenvalue weighted by Crippen LogP contribution is -2.20. The molecule has 3 aromatic carbocycles. The van der Waals surface area contributed by atoms with Crippen LogP contribution in [0.3, 0.4) is 0 Å². The minimum atomic E-state index is -0.235. The Morgan fingerprint density at radius 2 is 1.65 bits per heavy atom. The molecule has 0 aliphatic heterocycles. The van der Waals surface area contributed by atoms with Crippen molar-refractivity contribution in [1.82, 2.24) is 14.2 Å². The van der Waals surface area contributed by atoms with Gasteiger partial charge in [-0.1, -0.05) is 60.7 Å². The largest absolute Gasteiger partial charge is 0.333 e. The highest BCUT2D eigenvalue weighted by molar-refractivity contribution is 5.99. The van der Waals surface area contributed by atoms with Crippen LogP contribution in [0.15, 0.2) is 95.0 Å². The van der Waals surface area contributed by atoms with Crippen molar-refractivity contribution in [2.24, 2.45) is 5.10 Å². The number of nitriles is 1. The minimum absolute atomic E-state index is 0.235. The molecule has 0 atom stereocenters. The Morgan fingerprint density at radius 1 is 0.935 bits per heavy atom. The Bertz CT molecular complexity index is 1540. The van der Waals surface area contributed by atoms with Gasteiger partial charge in [0.2, 0.25) is 0 Å². The van der Waals surface area contributed by atoms with Gasteiger partial charge in [-0.15, -0.1) is 0 Å². The minimum Gasteiger partial charge on any atom is -0.333 e. The van der Waals surface area contributed by atoms with Crippen molar-refractivity contribution < 1.29 is 0 Å². The second-order valence-electron chi connectivity index (χ2n) is 7.07. The van der Waals surface area contributed by atoms with Crippen LogP contribution in [-0.4, -0.2) is 20.4 Å². The zero-order valence-corrected chi connectivity index (χ0v) is 16.5. The first-order valence-electron chi connectivity index (χ1n) is 9.82. The molecule has 6 heteroatoms. The van der Waals surface area contributed by atoms with E-state index >= 15 is 0 Å². The molecular formula is C25H17N5O. The van der Waals surface area contributed by atoms with Gasteiger partial charge in [-0.2, -0.15) is 15.0 Å². The number of para-hydroxylation sites is 2. The quantitative estimate of drug-likeness (QED) is 0.417. The number of fused-ring (bicyclic) bond motifs is 2. The average molecular weight is 403 g/mol. The molecule has 0 aliphatic carbocycles. The molecule has 0 amide bonds. The molecule has 148 valence electrons. The van der Waals surface area contributed by atoms with Crippen LogP contribution in [0.1, 0.15) is 5.56 Å². The van der Waals surface area contributed by atoms with Crippen LogP contribution in [0.5, 0.6) is 0 Å². The van der Waals surface area contributed by atoms with Crippen molar-refractivity contribution in [2.75, 3.05) is 0 Å². The van der Waals surface area contributed by atoms with Gasteiger partial charge in [0.05, 0.1) is 23.2 Å². The van der Waals surface area contributed by atoms with E-state index in [1.54, 1.807) is 12.3 Å². The topological polar surface area (TPSA) is 76.0 Å². The fourth-order valence-corrected chi connectivity index (χ4v) is 3.71. The van der Waals surface area contributed by atoms with E-state index in [0.29, 0.717) is 16.7 Å². The Morgan fingerprint density at radius 3 is 2.45 bits per heavy atom. The highest BCUT2D eigenvalue weighted by Gasteiger charge is 2.12. The molecule has 5 aromatic rings. The van der Waals surface area contributed by atoms with Crippen LogP contribution in [0.4, 0.5) is 0 Å². The van der Waals surface area contributed by atoms with Crippen molar-refractivity contribution in [1.29, 1.82) is 5.26 Å². The van der Waals surface area contributed by atoms with Crippen LogP contribution in [0.2, 0.25) is 0 Å². The summed E-state index contributed by atoms with van der Waals surface area (Å²) in [5.74, 6) is 0.473. The molecule has 31 heavy (non-hydrogen) atoms. The van der Waals surface area contributed by atoms with E-state index in [4.69, 9.17) is 10.2 Å². The smallest absolute Gasteiger partial charge is 0.282 e. The van der Waals surface area contributed by atoms with Gasteiger partial charge in [-0.05, 0) is 18.2 Å². The molecule has 0 radical (unpaired) electrons. The molecule has 0 spiro atoms. The van der Waals surface area contributed by atoms with Crippen molar-refractivity contribution in [3.63, 3.8) is 0 Å². The summed E-state index contributed by atoms with van der Waals surface area (Å²) in [7, 11) is 0. The summed E-state index contributed by atoms with van der Waals surface area (Å²) >= 11 is 0. The van der Waals surface area contributed by atoms with Gasteiger partial charge in [0, 0.05) is 28.2 Å². The summed E-state index contributed by atoms with van der Waals surface area (Å²) in [4.78, 5) is 18.0. The van der Waals surface area contributed by atoms with Crippen molar-refractivity contribution in [2.45, 2.75) is 6.54 Å². The van der Waals surface area contributed by atoms with E-state index in [9.17, 15) is 4.79 Å². The third-order valence-electron chi connectivity index (χ3n) is 5.16. The van der Waals surface area contributed by atoms with Crippen LogP contribution >= 0.6 is 0 Å². The van der Waals surface area contributed by atoms with Gasteiger partial charge in [0.15, 0.2) is 5.82 Å². The molecular weight excluding hydrogens is 386 g/mol. The monoisotopic (exact) mass is 403 g/mol. The van der Waals surface area contributed by atoms with E-state index < -0.39 is 0 Å². The summed E-state index contributed by atoms with van der Waals surface area (Å²) in [6.07, 6.45) is 3.53. The second-order valence-corrected chi connectivity index (χ2v) is 7.07. The van der Waals surface area contributed by atoms with Crippen LogP contribution < -0.4 is 5.56 Å². The zero-order valence-electron chi connectivity index (χ0n) is 16.5. The van der Waals surface area contributed by atoms with Gasteiger partial charge in [0.1, 0.15) is 6.54 Å². The molecule has 2 heterocycles. The summed E-state index contributed by atoms with van der Waals surface area (Å²) in [5.41, 5.74) is 2.96. The van der Waals surface area contributed by atoms with E-state index in [1.807, 2.05) is 83.6 Å². The van der Waals surface area contributed by atoms with Gasteiger partial charge < -0.3 is 4.57 Å². The first-order chi connectivity index (χ1) is 15.3. The Labute approximate surface area is 177 Å². The van der Waals surface area contributed by atoms with E-state index in [-0.39, 0.29) is 12.1 Å². The SMILES string of the molecule is N#CCn1cc(C=Nn2c(-c3ccccc3)nc3ccccc3c2=O)c2ccccc21. The Balaban J connectivity index is 1.72. The van der Waals surface area contributed by atoms with Gasteiger partial charge in [0.25, 0.3) is 5.56 Å². The number of nitrogens with zero attached hydrogens (tertiary/aromatic N) is 5. The molecule has 0 fully saturated rings. The molecule has 0 saturated heterocycles. The summed E-state index contributed by atoms with van der Waals surface area (Å²) in [6.45, 7) is 0.237. The highest BCUT2D eigenvalue weighted by Crippen LogP contribution is 2.21. The fraction of sp³-hybridized carbons (Fsp3) is 0.0400. The molecule has 0 N–H and O–H groups in total. The predicted octanol–water partition coefficient (Wildman–Crippen LogP) is 4.42. The second kappa shape index (κ2) is 7.73. The standard InChI is InChI=1S/C25H17N5O/c26-14-15-29-17-19(20-10-5-7-13-23(20)29)16-27-30-24(18-8-2-1-3-9-18)28-22-12-6-4-11-21(22)25(30)31/h1-13,16-17H,15H2. The summed E-state index contributed by atoms with van der Waals surface area (Å²) in [5, 5.41) is 15.2. The number of aromatic nitrogens is 3. The molecule has 6 nitrogen and oxygen atoms in total. The molecule has 5 rings (SSSR count). The molecule has 0 unspecified atom stereocenters. The third kappa shape index (κ3) is 3.28. The van der Waals surface area contributed by atoms with Gasteiger partial charge in [-0.25, -0.2) is 4.98 Å². The summed E-state index contributed by atoms with van der Waals surface area (Å²) < 4.78 is 3.21. The molecule has 0 saturated carbocycles. The van der Waals surface area contributed by atoms with Crippen molar-refractivity contribution in [3.8, 4) is 17.5 Å². The van der Waals surface area contributed by atoms with Crippen LogP contribution in [-0.2, 0) is 6.54 Å². The fourth-order valence-electron chi connectivity index (χ4n) is 3.71. The van der Waals surface area contributed by atoms with E-state index in [0.717, 1.165) is 22.0 Å². The van der Waals surface area contributed by atoms with E-state index in [1.165, 1.54) is 4.68 Å². The number of hydrogen-bond acceptors (Lipinski definition) is 4.